The zero-order chi connectivity index (χ0) is 16.5. The molecule has 24 heavy (non-hydrogen) atoms. The first-order chi connectivity index (χ1) is 11.8. The molecule has 1 aliphatic rings. The van der Waals surface area contributed by atoms with Crippen molar-refractivity contribution in [3.63, 3.8) is 0 Å². The Morgan fingerprint density at radius 3 is 1.17 bits per heavy atom. The molecule has 0 amide bonds. The van der Waals surface area contributed by atoms with Crippen molar-refractivity contribution in [3.05, 3.63) is 96.3 Å². The van der Waals surface area contributed by atoms with Crippen LogP contribution in [0.1, 0.15) is 13.8 Å². The van der Waals surface area contributed by atoms with Crippen molar-refractivity contribution in [2.45, 2.75) is 13.8 Å². The molecule has 1 heterocycles. The fourth-order valence-corrected chi connectivity index (χ4v) is 3.35. The number of allylic oxidation sites excluding steroid dienone is 2. The SMILES string of the molecule is CC1=C(C)N(c2ccccc2)c2ccccc2N1c1ccccc1. The van der Waals surface area contributed by atoms with E-state index in [1.165, 1.54) is 34.1 Å². The quantitative estimate of drug-likeness (QED) is 0.553. The van der Waals surface area contributed by atoms with Gasteiger partial charge in [0.25, 0.3) is 0 Å². The number of rotatable bonds is 2. The molecule has 0 aromatic heterocycles. The Kier molecular flexibility index (Phi) is 3.58. The van der Waals surface area contributed by atoms with Gasteiger partial charge in [-0.1, -0.05) is 48.5 Å². The summed E-state index contributed by atoms with van der Waals surface area (Å²) in [5, 5.41) is 0. The molecule has 0 saturated carbocycles. The van der Waals surface area contributed by atoms with Crippen LogP contribution in [-0.4, -0.2) is 0 Å². The summed E-state index contributed by atoms with van der Waals surface area (Å²) in [5.41, 5.74) is 7.27. The molecule has 118 valence electrons. The van der Waals surface area contributed by atoms with E-state index in [9.17, 15) is 0 Å². The topological polar surface area (TPSA) is 6.48 Å². The predicted molar refractivity (Wildman–Crippen MR) is 102 cm³/mol. The average Bonchev–Trinajstić information content (AvgIpc) is 2.64. The van der Waals surface area contributed by atoms with E-state index in [-0.39, 0.29) is 0 Å². The Hall–Kier alpha value is -3.00. The third-order valence-corrected chi connectivity index (χ3v) is 4.59. The van der Waals surface area contributed by atoms with Gasteiger partial charge in [0.1, 0.15) is 0 Å². The molecule has 0 aliphatic carbocycles. The van der Waals surface area contributed by atoms with Crippen molar-refractivity contribution in [1.82, 2.24) is 0 Å². The van der Waals surface area contributed by atoms with Gasteiger partial charge in [0.15, 0.2) is 0 Å². The highest BCUT2D eigenvalue weighted by Crippen LogP contribution is 2.46. The van der Waals surface area contributed by atoms with Gasteiger partial charge in [-0.2, -0.15) is 0 Å². The Morgan fingerprint density at radius 2 is 0.792 bits per heavy atom. The molecule has 0 bridgehead atoms. The number of anilines is 4. The molecule has 0 fully saturated rings. The number of nitrogens with zero attached hydrogens (tertiary/aromatic N) is 2. The number of para-hydroxylation sites is 4. The van der Waals surface area contributed by atoms with E-state index in [2.05, 4.69) is 109 Å². The normalized spacial score (nSPS) is 13.9. The molecule has 4 rings (SSSR count). The van der Waals surface area contributed by atoms with Crippen LogP contribution in [0.15, 0.2) is 96.3 Å². The predicted octanol–water partition coefficient (Wildman–Crippen LogP) is 6.23. The molecule has 0 radical (unpaired) electrons. The fraction of sp³-hybridized carbons (Fsp3) is 0.0909. The standard InChI is InChI=1S/C22H20N2/c1-17-18(2)24(20-13-7-4-8-14-20)22-16-10-9-15-21(22)23(17)19-11-5-3-6-12-19/h3-16H,1-2H3. The highest BCUT2D eigenvalue weighted by atomic mass is 15.3. The van der Waals surface area contributed by atoms with Crippen LogP contribution < -0.4 is 9.80 Å². The Bertz CT molecular complexity index is 808. The highest BCUT2D eigenvalue weighted by Gasteiger charge is 2.27. The Morgan fingerprint density at radius 1 is 0.458 bits per heavy atom. The molecule has 0 atom stereocenters. The van der Waals surface area contributed by atoms with Crippen LogP contribution >= 0.6 is 0 Å². The van der Waals surface area contributed by atoms with E-state index in [0.29, 0.717) is 0 Å². The lowest BCUT2D eigenvalue weighted by atomic mass is 10.1. The molecule has 0 saturated heterocycles. The van der Waals surface area contributed by atoms with Crippen LogP contribution in [0.2, 0.25) is 0 Å². The van der Waals surface area contributed by atoms with Gasteiger partial charge < -0.3 is 9.80 Å². The van der Waals surface area contributed by atoms with Gasteiger partial charge in [-0.05, 0) is 50.2 Å². The first-order valence-electron chi connectivity index (χ1n) is 8.24. The molecule has 2 heteroatoms. The van der Waals surface area contributed by atoms with E-state index >= 15 is 0 Å². The molecular formula is C22H20N2. The third kappa shape index (κ3) is 2.28. The zero-order valence-electron chi connectivity index (χ0n) is 14.0. The molecule has 1 aliphatic heterocycles. The van der Waals surface area contributed by atoms with Crippen LogP contribution in [0.3, 0.4) is 0 Å². The minimum absolute atomic E-state index is 1.19. The maximum Gasteiger partial charge on any atom is 0.0699 e. The molecule has 0 unspecified atom stereocenters. The summed E-state index contributed by atoms with van der Waals surface area (Å²) in [4.78, 5) is 4.67. The maximum absolute atomic E-state index is 2.34. The summed E-state index contributed by atoms with van der Waals surface area (Å²) in [5.74, 6) is 0. The summed E-state index contributed by atoms with van der Waals surface area (Å²) in [6, 6.07) is 29.7. The van der Waals surface area contributed by atoms with Crippen molar-refractivity contribution >= 4 is 22.7 Å². The Labute approximate surface area is 143 Å². The van der Waals surface area contributed by atoms with E-state index in [1.807, 2.05) is 0 Å². The molecule has 0 spiro atoms. The minimum atomic E-state index is 1.19. The highest BCUT2D eigenvalue weighted by molar-refractivity contribution is 5.88. The van der Waals surface area contributed by atoms with E-state index in [0.717, 1.165) is 0 Å². The van der Waals surface area contributed by atoms with Gasteiger partial charge in [-0.15, -0.1) is 0 Å². The van der Waals surface area contributed by atoms with Crippen LogP contribution in [0.4, 0.5) is 22.7 Å². The second-order valence-electron chi connectivity index (χ2n) is 6.00. The first kappa shape index (κ1) is 14.6. The number of hydrogen-bond acceptors (Lipinski definition) is 2. The van der Waals surface area contributed by atoms with Gasteiger partial charge in [0, 0.05) is 22.8 Å². The summed E-state index contributed by atoms with van der Waals surface area (Å²) >= 11 is 0. The molecule has 3 aromatic carbocycles. The summed E-state index contributed by atoms with van der Waals surface area (Å²) in [6.07, 6.45) is 0. The number of fused-ring (bicyclic) bond motifs is 1. The van der Waals surface area contributed by atoms with Crippen molar-refractivity contribution in [3.8, 4) is 0 Å². The maximum atomic E-state index is 2.34. The van der Waals surface area contributed by atoms with Crippen molar-refractivity contribution in [2.24, 2.45) is 0 Å². The van der Waals surface area contributed by atoms with Crippen molar-refractivity contribution in [2.75, 3.05) is 9.80 Å². The lowest BCUT2D eigenvalue weighted by Crippen LogP contribution is -2.29. The van der Waals surface area contributed by atoms with Gasteiger partial charge in [0.05, 0.1) is 11.4 Å². The average molecular weight is 312 g/mol. The molecular weight excluding hydrogens is 292 g/mol. The summed E-state index contributed by atoms with van der Waals surface area (Å²) < 4.78 is 0. The van der Waals surface area contributed by atoms with E-state index in [1.54, 1.807) is 0 Å². The zero-order valence-corrected chi connectivity index (χ0v) is 14.0. The van der Waals surface area contributed by atoms with E-state index in [4.69, 9.17) is 0 Å². The van der Waals surface area contributed by atoms with Gasteiger partial charge in [-0.25, -0.2) is 0 Å². The number of hydrogen-bond donors (Lipinski definition) is 0. The number of benzene rings is 3. The first-order valence-corrected chi connectivity index (χ1v) is 8.24. The van der Waals surface area contributed by atoms with Crippen LogP contribution in [0, 0.1) is 0 Å². The van der Waals surface area contributed by atoms with Gasteiger partial charge in [0.2, 0.25) is 0 Å². The Balaban J connectivity index is 1.94. The fourth-order valence-electron chi connectivity index (χ4n) is 3.35. The van der Waals surface area contributed by atoms with Crippen LogP contribution in [-0.2, 0) is 0 Å². The molecule has 2 nitrogen and oxygen atoms in total. The summed E-state index contributed by atoms with van der Waals surface area (Å²) in [6.45, 7) is 4.38. The van der Waals surface area contributed by atoms with Crippen molar-refractivity contribution in [1.29, 1.82) is 0 Å². The monoisotopic (exact) mass is 312 g/mol. The summed E-state index contributed by atoms with van der Waals surface area (Å²) in [7, 11) is 0. The second kappa shape index (κ2) is 5.89. The van der Waals surface area contributed by atoms with Crippen LogP contribution in [0.5, 0.6) is 0 Å². The third-order valence-electron chi connectivity index (χ3n) is 4.59. The smallest absolute Gasteiger partial charge is 0.0699 e. The minimum Gasteiger partial charge on any atom is -0.311 e. The largest absolute Gasteiger partial charge is 0.311 e. The molecule has 0 N–H and O–H groups in total. The second-order valence-corrected chi connectivity index (χ2v) is 6.00. The molecule has 3 aromatic rings. The van der Waals surface area contributed by atoms with E-state index < -0.39 is 0 Å². The van der Waals surface area contributed by atoms with Crippen LogP contribution in [0.25, 0.3) is 0 Å². The van der Waals surface area contributed by atoms with Crippen molar-refractivity contribution < 1.29 is 0 Å². The van der Waals surface area contributed by atoms with Gasteiger partial charge >= 0.3 is 0 Å². The lowest BCUT2D eigenvalue weighted by molar-refractivity contribution is 1.00. The van der Waals surface area contributed by atoms with Gasteiger partial charge in [-0.3, -0.25) is 0 Å². The lowest BCUT2D eigenvalue weighted by Gasteiger charge is -2.40.